The van der Waals surface area contributed by atoms with Gasteiger partial charge in [-0.2, -0.15) is 0 Å². The van der Waals surface area contributed by atoms with Gasteiger partial charge in [0.25, 0.3) is 0 Å². The van der Waals surface area contributed by atoms with Crippen molar-refractivity contribution in [2.45, 2.75) is 6.54 Å². The van der Waals surface area contributed by atoms with E-state index in [-0.39, 0.29) is 5.16 Å². The van der Waals surface area contributed by atoms with Gasteiger partial charge in [-0.3, -0.25) is 0 Å². The summed E-state index contributed by atoms with van der Waals surface area (Å²) in [7, 11) is 0. The average Bonchev–Trinajstić information content (AvgIpc) is 2.44. The van der Waals surface area contributed by atoms with Crippen LogP contribution < -0.4 is 11.1 Å². The summed E-state index contributed by atoms with van der Waals surface area (Å²) in [6.45, 7) is 5.64. The molecule has 1 aromatic carbocycles. The summed E-state index contributed by atoms with van der Waals surface area (Å²) in [6.07, 6.45) is 1.65. The Kier molecular flexibility index (Phi) is 5.39. The number of hydrogen-bond donors (Lipinski definition) is 2. The van der Waals surface area contributed by atoms with Crippen LogP contribution in [0.1, 0.15) is 5.56 Å². The van der Waals surface area contributed by atoms with E-state index in [1.165, 1.54) is 0 Å². The second-order valence-electron chi connectivity index (χ2n) is 4.51. The Morgan fingerprint density at radius 2 is 2.24 bits per heavy atom. The number of nitrogens with two attached hydrogens (primary N) is 1. The summed E-state index contributed by atoms with van der Waals surface area (Å²) in [6, 6.07) is 5.39. The lowest BCUT2D eigenvalue weighted by atomic mass is 10.1. The molecule has 0 saturated carbocycles. The standard InChI is InChI=1S/C14H15Cl3N4/c1-19-14-12(7-13(17)18)21(5-4-20-14)8-9-6-10(15)2-3-11(9)16/h2-3,6-7,20H,1,4-5,8,18H2/b13-7-. The fourth-order valence-electron chi connectivity index (χ4n) is 2.13. The van der Waals surface area contributed by atoms with Gasteiger partial charge in [0.1, 0.15) is 11.0 Å². The first-order valence-electron chi connectivity index (χ1n) is 6.27. The monoisotopic (exact) mass is 344 g/mol. The van der Waals surface area contributed by atoms with E-state index in [2.05, 4.69) is 21.9 Å². The Morgan fingerprint density at radius 3 is 2.90 bits per heavy atom. The van der Waals surface area contributed by atoms with Gasteiger partial charge in [-0.15, -0.1) is 0 Å². The summed E-state index contributed by atoms with van der Waals surface area (Å²) < 4.78 is 0. The van der Waals surface area contributed by atoms with Crippen LogP contribution >= 0.6 is 34.8 Å². The van der Waals surface area contributed by atoms with Crippen LogP contribution in [0.5, 0.6) is 0 Å². The quantitative estimate of drug-likeness (QED) is 0.650. The molecule has 21 heavy (non-hydrogen) atoms. The Balaban J connectivity index is 2.35. The fraction of sp³-hybridized carbons (Fsp3) is 0.214. The van der Waals surface area contributed by atoms with E-state index in [1.54, 1.807) is 18.2 Å². The third-order valence-corrected chi connectivity index (χ3v) is 3.77. The molecule has 3 N–H and O–H groups in total. The van der Waals surface area contributed by atoms with Crippen LogP contribution in [0.4, 0.5) is 0 Å². The number of rotatable bonds is 4. The van der Waals surface area contributed by atoms with Crippen molar-refractivity contribution in [3.05, 3.63) is 56.6 Å². The molecule has 0 aromatic heterocycles. The zero-order valence-electron chi connectivity index (χ0n) is 11.2. The van der Waals surface area contributed by atoms with Gasteiger partial charge >= 0.3 is 0 Å². The summed E-state index contributed by atoms with van der Waals surface area (Å²) >= 11 is 18.0. The number of nitrogens with zero attached hydrogens (tertiary/aromatic N) is 2. The Bertz CT molecular complexity index is 606. The topological polar surface area (TPSA) is 53.6 Å². The minimum absolute atomic E-state index is 0.178. The first-order chi connectivity index (χ1) is 10.0. The highest BCUT2D eigenvalue weighted by Crippen LogP contribution is 2.25. The molecule has 7 heteroatoms. The van der Waals surface area contributed by atoms with Gasteiger partial charge in [0.05, 0.1) is 5.70 Å². The van der Waals surface area contributed by atoms with Crippen molar-refractivity contribution in [1.29, 1.82) is 0 Å². The molecule has 0 amide bonds. The first-order valence-corrected chi connectivity index (χ1v) is 7.41. The van der Waals surface area contributed by atoms with Crippen molar-refractivity contribution in [1.82, 2.24) is 10.2 Å². The summed E-state index contributed by atoms with van der Waals surface area (Å²) in [5.74, 6) is 0.642. The van der Waals surface area contributed by atoms with Crippen molar-refractivity contribution in [2.24, 2.45) is 10.7 Å². The molecule has 0 aliphatic carbocycles. The lowest BCUT2D eigenvalue weighted by molar-refractivity contribution is 0.321. The van der Waals surface area contributed by atoms with Crippen molar-refractivity contribution >= 4 is 41.5 Å². The second kappa shape index (κ2) is 7.07. The SMILES string of the molecule is C=NC1=C(/C=C(\N)Cl)N(Cc2cc(Cl)ccc2Cl)CCN1. The van der Waals surface area contributed by atoms with Crippen LogP contribution in [0.3, 0.4) is 0 Å². The van der Waals surface area contributed by atoms with Crippen LogP contribution in [0.25, 0.3) is 0 Å². The average molecular weight is 346 g/mol. The summed E-state index contributed by atoms with van der Waals surface area (Å²) in [5.41, 5.74) is 7.28. The van der Waals surface area contributed by atoms with E-state index in [9.17, 15) is 0 Å². The van der Waals surface area contributed by atoms with Crippen LogP contribution in [0.2, 0.25) is 10.0 Å². The summed E-state index contributed by atoms with van der Waals surface area (Å²) in [4.78, 5) is 6.05. The van der Waals surface area contributed by atoms with Gasteiger partial charge in [-0.25, -0.2) is 4.99 Å². The highest BCUT2D eigenvalue weighted by Gasteiger charge is 2.19. The van der Waals surface area contributed by atoms with E-state index in [4.69, 9.17) is 40.5 Å². The first kappa shape index (κ1) is 16.0. The highest BCUT2D eigenvalue weighted by atomic mass is 35.5. The van der Waals surface area contributed by atoms with E-state index in [0.29, 0.717) is 22.4 Å². The van der Waals surface area contributed by atoms with Gasteiger partial charge in [0, 0.05) is 29.7 Å². The van der Waals surface area contributed by atoms with Crippen LogP contribution in [-0.4, -0.2) is 24.7 Å². The zero-order chi connectivity index (χ0) is 15.4. The van der Waals surface area contributed by atoms with E-state index >= 15 is 0 Å². The Hall–Kier alpha value is -1.36. The van der Waals surface area contributed by atoms with Gasteiger partial charge in [-0.05, 0) is 36.6 Å². The minimum Gasteiger partial charge on any atom is -0.389 e. The van der Waals surface area contributed by atoms with Crippen LogP contribution in [-0.2, 0) is 6.54 Å². The molecule has 0 saturated heterocycles. The third-order valence-electron chi connectivity index (χ3n) is 3.06. The lowest BCUT2D eigenvalue weighted by Crippen LogP contribution is -2.38. The number of hydrogen-bond acceptors (Lipinski definition) is 4. The predicted octanol–water partition coefficient (Wildman–Crippen LogP) is 3.31. The third kappa shape index (κ3) is 4.06. The molecule has 0 bridgehead atoms. The summed E-state index contributed by atoms with van der Waals surface area (Å²) in [5, 5.41) is 4.64. The highest BCUT2D eigenvalue weighted by molar-refractivity contribution is 6.33. The molecular weight excluding hydrogens is 331 g/mol. The Morgan fingerprint density at radius 1 is 1.48 bits per heavy atom. The molecule has 2 rings (SSSR count). The lowest BCUT2D eigenvalue weighted by Gasteiger charge is -2.32. The molecule has 1 heterocycles. The maximum absolute atomic E-state index is 6.22. The largest absolute Gasteiger partial charge is 0.389 e. The normalized spacial score (nSPS) is 16.0. The molecule has 0 fully saturated rings. The Labute approximate surface area is 138 Å². The van der Waals surface area contributed by atoms with E-state index in [1.807, 2.05) is 6.07 Å². The van der Waals surface area contributed by atoms with Gasteiger partial charge in [0.2, 0.25) is 0 Å². The molecule has 112 valence electrons. The van der Waals surface area contributed by atoms with E-state index < -0.39 is 0 Å². The number of benzene rings is 1. The van der Waals surface area contributed by atoms with Crippen LogP contribution in [0, 0.1) is 0 Å². The van der Waals surface area contributed by atoms with Gasteiger partial charge < -0.3 is 16.0 Å². The van der Waals surface area contributed by atoms with Crippen molar-refractivity contribution in [3.8, 4) is 0 Å². The fourth-order valence-corrected chi connectivity index (χ4v) is 2.61. The molecule has 1 aliphatic rings. The van der Waals surface area contributed by atoms with Crippen molar-refractivity contribution < 1.29 is 0 Å². The molecule has 4 nitrogen and oxygen atoms in total. The predicted molar refractivity (Wildman–Crippen MR) is 89.6 cm³/mol. The van der Waals surface area contributed by atoms with Gasteiger partial charge in [0.15, 0.2) is 0 Å². The molecule has 0 unspecified atom stereocenters. The van der Waals surface area contributed by atoms with Gasteiger partial charge in [-0.1, -0.05) is 34.8 Å². The van der Waals surface area contributed by atoms with E-state index in [0.717, 1.165) is 24.4 Å². The molecule has 0 atom stereocenters. The number of halogens is 3. The molecular formula is C14H15Cl3N4. The van der Waals surface area contributed by atoms with Crippen molar-refractivity contribution in [3.63, 3.8) is 0 Å². The zero-order valence-corrected chi connectivity index (χ0v) is 13.5. The number of aliphatic imine (C=N–C) groups is 1. The molecule has 0 spiro atoms. The van der Waals surface area contributed by atoms with Crippen molar-refractivity contribution in [2.75, 3.05) is 13.1 Å². The van der Waals surface area contributed by atoms with Crippen LogP contribution in [0.15, 0.2) is 45.9 Å². The maximum atomic E-state index is 6.22. The molecule has 1 aliphatic heterocycles. The smallest absolute Gasteiger partial charge is 0.149 e. The number of nitrogens with one attached hydrogen (secondary N) is 1. The molecule has 0 radical (unpaired) electrons. The maximum Gasteiger partial charge on any atom is 0.149 e. The second-order valence-corrected chi connectivity index (χ2v) is 5.79. The number of allylic oxidation sites excluding steroid dienone is 1. The molecule has 1 aromatic rings. The minimum atomic E-state index is 0.178.